The Morgan fingerprint density at radius 1 is 0.880 bits per heavy atom. The number of halogens is 3. The second-order valence-electron chi connectivity index (χ2n) is 6.46. The SMILES string of the molecule is Nc1c2c(nc3cc(-c4ccc(C(F)(F)F)cc4)ccc13)CCCC2. The van der Waals surface area contributed by atoms with Gasteiger partial charge in [-0.1, -0.05) is 24.3 Å². The molecule has 2 aromatic carbocycles. The number of benzene rings is 2. The molecule has 0 fully saturated rings. The molecule has 0 radical (unpaired) electrons. The van der Waals surface area contributed by atoms with Crippen LogP contribution in [0.4, 0.5) is 18.9 Å². The van der Waals surface area contributed by atoms with Crippen molar-refractivity contribution in [2.24, 2.45) is 0 Å². The molecule has 1 aliphatic carbocycles. The summed E-state index contributed by atoms with van der Waals surface area (Å²) in [5.41, 5.74) is 11.1. The number of hydrogen-bond acceptors (Lipinski definition) is 2. The van der Waals surface area contributed by atoms with Gasteiger partial charge in [0.1, 0.15) is 0 Å². The highest BCUT2D eigenvalue weighted by molar-refractivity contribution is 5.94. The Balaban J connectivity index is 1.79. The molecule has 0 unspecified atom stereocenters. The third kappa shape index (κ3) is 2.84. The fourth-order valence-corrected chi connectivity index (χ4v) is 3.49. The molecular formula is C20H17F3N2. The van der Waals surface area contributed by atoms with E-state index in [2.05, 4.69) is 0 Å². The van der Waals surface area contributed by atoms with E-state index in [9.17, 15) is 13.2 Å². The van der Waals surface area contributed by atoms with Gasteiger partial charge in [-0.05, 0) is 60.6 Å². The Bertz CT molecular complexity index is 944. The largest absolute Gasteiger partial charge is 0.416 e. The summed E-state index contributed by atoms with van der Waals surface area (Å²) in [6.45, 7) is 0. The van der Waals surface area contributed by atoms with E-state index < -0.39 is 11.7 Å². The van der Waals surface area contributed by atoms with E-state index >= 15 is 0 Å². The molecule has 0 saturated carbocycles. The molecule has 2 nitrogen and oxygen atoms in total. The lowest BCUT2D eigenvalue weighted by Gasteiger charge is -2.18. The van der Waals surface area contributed by atoms with E-state index in [1.165, 1.54) is 12.1 Å². The van der Waals surface area contributed by atoms with Crippen molar-refractivity contribution in [2.45, 2.75) is 31.9 Å². The molecule has 0 amide bonds. The van der Waals surface area contributed by atoms with Gasteiger partial charge in [-0.25, -0.2) is 0 Å². The Labute approximate surface area is 143 Å². The molecule has 128 valence electrons. The molecule has 1 aliphatic rings. The number of hydrogen-bond donors (Lipinski definition) is 1. The number of aromatic nitrogens is 1. The van der Waals surface area contributed by atoms with E-state index in [1.54, 1.807) is 0 Å². The number of nitrogens with two attached hydrogens (primary N) is 1. The maximum Gasteiger partial charge on any atom is 0.416 e. The third-order valence-electron chi connectivity index (χ3n) is 4.85. The molecular weight excluding hydrogens is 325 g/mol. The Morgan fingerprint density at radius 2 is 1.56 bits per heavy atom. The minimum absolute atomic E-state index is 0.645. The summed E-state index contributed by atoms with van der Waals surface area (Å²) in [4.78, 5) is 4.76. The van der Waals surface area contributed by atoms with Crippen LogP contribution < -0.4 is 5.73 Å². The van der Waals surface area contributed by atoms with Crippen molar-refractivity contribution < 1.29 is 13.2 Å². The topological polar surface area (TPSA) is 38.9 Å². The van der Waals surface area contributed by atoms with Crippen LogP contribution in [0.3, 0.4) is 0 Å². The lowest BCUT2D eigenvalue weighted by molar-refractivity contribution is -0.137. The molecule has 0 aliphatic heterocycles. The number of aryl methyl sites for hydroxylation is 1. The number of nitrogen functional groups attached to an aromatic ring is 1. The van der Waals surface area contributed by atoms with Gasteiger partial charge in [0.05, 0.1) is 11.1 Å². The van der Waals surface area contributed by atoms with Crippen molar-refractivity contribution in [3.05, 3.63) is 59.3 Å². The monoisotopic (exact) mass is 342 g/mol. The Hall–Kier alpha value is -2.56. The van der Waals surface area contributed by atoms with Crippen LogP contribution in [0.25, 0.3) is 22.0 Å². The highest BCUT2D eigenvalue weighted by atomic mass is 19.4. The normalized spacial score (nSPS) is 14.5. The highest BCUT2D eigenvalue weighted by Crippen LogP contribution is 2.34. The summed E-state index contributed by atoms with van der Waals surface area (Å²) >= 11 is 0. The van der Waals surface area contributed by atoms with E-state index in [-0.39, 0.29) is 0 Å². The fourth-order valence-electron chi connectivity index (χ4n) is 3.49. The van der Waals surface area contributed by atoms with Crippen molar-refractivity contribution >= 4 is 16.6 Å². The zero-order valence-corrected chi connectivity index (χ0v) is 13.5. The lowest BCUT2D eigenvalue weighted by atomic mass is 9.92. The van der Waals surface area contributed by atoms with Gasteiger partial charge >= 0.3 is 6.18 Å². The second-order valence-corrected chi connectivity index (χ2v) is 6.46. The van der Waals surface area contributed by atoms with E-state index in [4.69, 9.17) is 10.7 Å². The quantitative estimate of drug-likeness (QED) is 0.645. The molecule has 1 aromatic heterocycles. The molecule has 25 heavy (non-hydrogen) atoms. The fraction of sp³-hybridized carbons (Fsp3) is 0.250. The molecule has 4 rings (SSSR count). The average Bonchev–Trinajstić information content (AvgIpc) is 2.61. The number of alkyl halides is 3. The summed E-state index contributed by atoms with van der Waals surface area (Å²) in [5.74, 6) is 0. The zero-order valence-electron chi connectivity index (χ0n) is 13.5. The van der Waals surface area contributed by atoms with Crippen LogP contribution in [0, 0.1) is 0 Å². The van der Waals surface area contributed by atoms with Gasteiger partial charge in [0.25, 0.3) is 0 Å². The number of fused-ring (bicyclic) bond motifs is 2. The maximum absolute atomic E-state index is 12.7. The first kappa shape index (κ1) is 15.9. The van der Waals surface area contributed by atoms with Crippen molar-refractivity contribution in [1.82, 2.24) is 4.98 Å². The van der Waals surface area contributed by atoms with Crippen molar-refractivity contribution in [1.29, 1.82) is 0 Å². The molecule has 5 heteroatoms. The predicted molar refractivity (Wildman–Crippen MR) is 93.2 cm³/mol. The first-order valence-electron chi connectivity index (χ1n) is 8.32. The number of nitrogens with zero attached hydrogens (tertiary/aromatic N) is 1. The molecule has 2 N–H and O–H groups in total. The Morgan fingerprint density at radius 3 is 2.28 bits per heavy atom. The first-order chi connectivity index (χ1) is 11.9. The van der Waals surface area contributed by atoms with Gasteiger partial charge in [-0.3, -0.25) is 4.98 Å². The summed E-state index contributed by atoms with van der Waals surface area (Å²) in [6, 6.07) is 10.9. The summed E-state index contributed by atoms with van der Waals surface area (Å²) in [7, 11) is 0. The van der Waals surface area contributed by atoms with Crippen molar-refractivity contribution in [2.75, 3.05) is 5.73 Å². The highest BCUT2D eigenvalue weighted by Gasteiger charge is 2.30. The molecule has 1 heterocycles. The second kappa shape index (κ2) is 5.76. The summed E-state index contributed by atoms with van der Waals surface area (Å²) in [6.07, 6.45) is -0.181. The van der Waals surface area contributed by atoms with Gasteiger partial charge in [0.2, 0.25) is 0 Å². The van der Waals surface area contributed by atoms with Gasteiger partial charge < -0.3 is 5.73 Å². The standard InChI is InChI=1S/C20H17F3N2/c21-20(22,23)14-8-5-12(6-9-14)13-7-10-16-18(11-13)25-17-4-2-1-3-15(17)19(16)24/h5-11H,1-4H2,(H2,24,25). The van der Waals surface area contributed by atoms with Crippen LogP contribution in [0.2, 0.25) is 0 Å². The van der Waals surface area contributed by atoms with Gasteiger partial charge in [-0.2, -0.15) is 13.2 Å². The molecule has 0 bridgehead atoms. The van der Waals surface area contributed by atoms with Crippen molar-refractivity contribution in [3.63, 3.8) is 0 Å². The lowest BCUT2D eigenvalue weighted by Crippen LogP contribution is -2.09. The molecule has 0 atom stereocenters. The minimum Gasteiger partial charge on any atom is -0.398 e. The van der Waals surface area contributed by atoms with Crippen molar-refractivity contribution in [3.8, 4) is 11.1 Å². The number of pyridine rings is 1. The van der Waals surface area contributed by atoms with Crippen LogP contribution in [-0.2, 0) is 19.0 Å². The smallest absolute Gasteiger partial charge is 0.398 e. The van der Waals surface area contributed by atoms with Gasteiger partial charge in [-0.15, -0.1) is 0 Å². The summed E-state index contributed by atoms with van der Waals surface area (Å²) in [5, 5.41) is 0.913. The van der Waals surface area contributed by atoms with E-state index in [1.807, 2.05) is 18.2 Å². The third-order valence-corrected chi connectivity index (χ3v) is 4.85. The van der Waals surface area contributed by atoms with E-state index in [0.29, 0.717) is 0 Å². The van der Waals surface area contributed by atoms with Crippen LogP contribution >= 0.6 is 0 Å². The number of anilines is 1. The van der Waals surface area contributed by atoms with E-state index in [0.717, 1.165) is 76.8 Å². The van der Waals surface area contributed by atoms with Crippen LogP contribution in [0.1, 0.15) is 29.7 Å². The van der Waals surface area contributed by atoms with Crippen LogP contribution in [0.15, 0.2) is 42.5 Å². The van der Waals surface area contributed by atoms with Crippen LogP contribution in [-0.4, -0.2) is 4.98 Å². The minimum atomic E-state index is -4.32. The van der Waals surface area contributed by atoms with Gasteiger partial charge in [0.15, 0.2) is 0 Å². The molecule has 0 saturated heterocycles. The molecule has 0 spiro atoms. The first-order valence-corrected chi connectivity index (χ1v) is 8.32. The van der Waals surface area contributed by atoms with Gasteiger partial charge in [0, 0.05) is 16.8 Å². The summed E-state index contributed by atoms with van der Waals surface area (Å²) < 4.78 is 38.1. The Kier molecular flexibility index (Phi) is 3.67. The average molecular weight is 342 g/mol. The number of rotatable bonds is 1. The van der Waals surface area contributed by atoms with Crippen LogP contribution in [0.5, 0.6) is 0 Å². The maximum atomic E-state index is 12.7. The predicted octanol–water partition coefficient (Wildman–Crippen LogP) is 5.38. The zero-order chi connectivity index (χ0) is 17.6. The molecule has 3 aromatic rings.